The third kappa shape index (κ3) is 3.82. The second kappa shape index (κ2) is 7.09. The molecular weight excluding hydrogens is 343 g/mol. The average molecular weight is 364 g/mol. The molecule has 0 unspecified atom stereocenters. The zero-order valence-corrected chi connectivity index (χ0v) is 14.8. The molecule has 2 heterocycles. The molecule has 2 aromatic heterocycles. The molecule has 8 nitrogen and oxygen atoms in total. The Morgan fingerprint density at radius 1 is 1.28 bits per heavy atom. The van der Waals surface area contributed by atoms with Gasteiger partial charge in [0.1, 0.15) is 17.9 Å². The second-order valence-electron chi connectivity index (χ2n) is 5.77. The summed E-state index contributed by atoms with van der Waals surface area (Å²) in [6, 6.07) is 7.61. The van der Waals surface area contributed by atoms with E-state index in [1.165, 1.54) is 0 Å². The second-order valence-corrected chi connectivity index (χ2v) is 7.55. The molecular formula is C16H21N4O4P. The number of benzene rings is 1. The van der Waals surface area contributed by atoms with Gasteiger partial charge in [-0.1, -0.05) is 18.2 Å². The molecule has 3 aromatic rings. The maximum atomic E-state index is 11.2. The summed E-state index contributed by atoms with van der Waals surface area (Å²) in [5, 5.41) is 0.901. The summed E-state index contributed by atoms with van der Waals surface area (Å²) in [4.78, 5) is 27.2. The number of hydrogen-bond acceptors (Lipinski definition) is 5. The quantitative estimate of drug-likeness (QED) is 0.549. The minimum absolute atomic E-state index is 0.181. The molecule has 25 heavy (non-hydrogen) atoms. The highest BCUT2D eigenvalue weighted by atomic mass is 31.2. The van der Waals surface area contributed by atoms with E-state index in [9.17, 15) is 4.57 Å². The van der Waals surface area contributed by atoms with Crippen LogP contribution >= 0.6 is 7.60 Å². The number of aromatic nitrogens is 3. The molecule has 134 valence electrons. The first kappa shape index (κ1) is 17.8. The molecule has 0 aliphatic carbocycles. The number of imidazole rings is 1. The van der Waals surface area contributed by atoms with Gasteiger partial charge in [0.2, 0.25) is 0 Å². The topological polar surface area (TPSA) is 123 Å². The van der Waals surface area contributed by atoms with Gasteiger partial charge in [-0.05, 0) is 19.4 Å². The van der Waals surface area contributed by atoms with E-state index in [-0.39, 0.29) is 6.16 Å². The van der Waals surface area contributed by atoms with E-state index >= 15 is 0 Å². The number of nitrogens with two attached hydrogens (primary N) is 1. The lowest BCUT2D eigenvalue weighted by atomic mass is 10.2. The molecule has 0 saturated heterocycles. The van der Waals surface area contributed by atoms with Gasteiger partial charge in [0.25, 0.3) is 0 Å². The summed E-state index contributed by atoms with van der Waals surface area (Å²) in [6.45, 7) is 3.15. The minimum Gasteiger partial charge on any atom is -0.382 e. The van der Waals surface area contributed by atoms with Crippen LogP contribution < -0.4 is 5.73 Å². The van der Waals surface area contributed by atoms with E-state index in [4.69, 9.17) is 20.3 Å². The summed E-state index contributed by atoms with van der Waals surface area (Å²) < 4.78 is 18.6. The van der Waals surface area contributed by atoms with Gasteiger partial charge in [0.05, 0.1) is 17.2 Å². The first-order valence-corrected chi connectivity index (χ1v) is 9.86. The Hall–Kier alpha value is -1.99. The van der Waals surface area contributed by atoms with Gasteiger partial charge in [0.15, 0.2) is 5.82 Å². The predicted octanol–water partition coefficient (Wildman–Crippen LogP) is 2.27. The predicted molar refractivity (Wildman–Crippen MR) is 96.3 cm³/mol. The van der Waals surface area contributed by atoms with Crippen molar-refractivity contribution in [2.45, 2.75) is 26.5 Å². The third-order valence-electron chi connectivity index (χ3n) is 3.96. The first-order valence-electron chi connectivity index (χ1n) is 8.06. The molecule has 0 radical (unpaired) electrons. The van der Waals surface area contributed by atoms with E-state index in [2.05, 4.69) is 9.97 Å². The number of fused-ring (bicyclic) bond motifs is 3. The number of rotatable bonds is 7. The van der Waals surface area contributed by atoms with Gasteiger partial charge in [-0.2, -0.15) is 0 Å². The molecule has 0 atom stereocenters. The Bertz CT molecular complexity index is 950. The molecule has 0 bridgehead atoms. The van der Waals surface area contributed by atoms with Crippen LogP contribution in [0.2, 0.25) is 0 Å². The smallest absolute Gasteiger partial charge is 0.325 e. The van der Waals surface area contributed by atoms with E-state index in [1.54, 1.807) is 0 Å². The van der Waals surface area contributed by atoms with Crippen molar-refractivity contribution in [3.8, 4) is 0 Å². The van der Waals surface area contributed by atoms with Gasteiger partial charge in [-0.3, -0.25) is 4.57 Å². The van der Waals surface area contributed by atoms with Crippen LogP contribution in [0.3, 0.4) is 0 Å². The fourth-order valence-electron chi connectivity index (χ4n) is 2.88. The molecule has 3 rings (SSSR count). The van der Waals surface area contributed by atoms with Crippen LogP contribution in [0.1, 0.15) is 19.2 Å². The largest absolute Gasteiger partial charge is 0.382 e. The lowest BCUT2D eigenvalue weighted by Gasteiger charge is -2.11. The van der Waals surface area contributed by atoms with Crippen LogP contribution in [0, 0.1) is 0 Å². The minimum atomic E-state index is -4.04. The van der Waals surface area contributed by atoms with Crippen molar-refractivity contribution >= 4 is 35.3 Å². The number of ether oxygens (including phenoxy) is 1. The fourth-order valence-corrected chi connectivity index (χ4v) is 3.44. The standard InChI is InChI=1S/C16H21N4O4P/c1-2-24-10-13-19-14-15(20(13)8-5-9-25(21,22)23)11-6-3-4-7-12(11)18-16(14)17/h3-4,6-7H,2,5,8-10H2,1H3,(H2,17,18)(H2,21,22,23). The fraction of sp³-hybridized carbons (Fsp3) is 0.375. The molecule has 4 N–H and O–H groups in total. The number of nitrogens with zero attached hydrogens (tertiary/aromatic N) is 3. The SMILES string of the molecule is CCOCc1nc2c(N)nc3ccccc3c2n1CCCP(=O)(O)O. The van der Waals surface area contributed by atoms with Gasteiger partial charge >= 0.3 is 7.60 Å². The van der Waals surface area contributed by atoms with Crippen LogP contribution in [0.25, 0.3) is 21.9 Å². The lowest BCUT2D eigenvalue weighted by molar-refractivity contribution is 0.126. The highest BCUT2D eigenvalue weighted by Gasteiger charge is 2.18. The lowest BCUT2D eigenvalue weighted by Crippen LogP contribution is -2.08. The van der Waals surface area contributed by atoms with Crippen molar-refractivity contribution in [2.75, 3.05) is 18.5 Å². The van der Waals surface area contributed by atoms with E-state index < -0.39 is 7.60 Å². The van der Waals surface area contributed by atoms with Gasteiger partial charge < -0.3 is 24.8 Å². The molecule has 0 saturated carbocycles. The van der Waals surface area contributed by atoms with Crippen molar-refractivity contribution in [1.82, 2.24) is 14.5 Å². The summed E-state index contributed by atoms with van der Waals surface area (Å²) in [5.74, 6) is 1.01. The van der Waals surface area contributed by atoms with Crippen molar-refractivity contribution in [2.24, 2.45) is 0 Å². The Morgan fingerprint density at radius 3 is 2.76 bits per heavy atom. The Kier molecular flexibility index (Phi) is 5.06. The summed E-state index contributed by atoms with van der Waals surface area (Å²) in [7, 11) is -4.04. The number of pyridine rings is 1. The Morgan fingerprint density at radius 2 is 2.04 bits per heavy atom. The van der Waals surface area contributed by atoms with Crippen molar-refractivity contribution in [3.05, 3.63) is 30.1 Å². The average Bonchev–Trinajstić information content (AvgIpc) is 2.91. The molecule has 1 aromatic carbocycles. The van der Waals surface area contributed by atoms with E-state index in [0.717, 1.165) is 16.4 Å². The Balaban J connectivity index is 2.13. The van der Waals surface area contributed by atoms with Crippen molar-refractivity contribution in [3.63, 3.8) is 0 Å². The van der Waals surface area contributed by atoms with Crippen LogP contribution in [-0.2, 0) is 22.5 Å². The molecule has 0 aliphatic heterocycles. The summed E-state index contributed by atoms with van der Waals surface area (Å²) >= 11 is 0. The molecule has 9 heteroatoms. The van der Waals surface area contributed by atoms with E-state index in [1.807, 2.05) is 35.8 Å². The van der Waals surface area contributed by atoms with Crippen molar-refractivity contribution in [1.29, 1.82) is 0 Å². The monoisotopic (exact) mass is 364 g/mol. The van der Waals surface area contributed by atoms with Crippen LogP contribution in [0.5, 0.6) is 0 Å². The molecule has 0 amide bonds. The van der Waals surface area contributed by atoms with E-state index in [0.29, 0.717) is 43.3 Å². The zero-order valence-electron chi connectivity index (χ0n) is 13.9. The number of aryl methyl sites for hydroxylation is 1. The number of anilines is 1. The summed E-state index contributed by atoms with van der Waals surface area (Å²) in [5.41, 5.74) is 8.25. The maximum absolute atomic E-state index is 11.2. The van der Waals surface area contributed by atoms with Crippen LogP contribution in [-0.4, -0.2) is 37.1 Å². The van der Waals surface area contributed by atoms with Gasteiger partial charge in [-0.15, -0.1) is 0 Å². The highest BCUT2D eigenvalue weighted by molar-refractivity contribution is 7.51. The Labute approximate surface area is 144 Å². The summed E-state index contributed by atoms with van der Waals surface area (Å²) in [6.07, 6.45) is 0.144. The van der Waals surface area contributed by atoms with Crippen molar-refractivity contribution < 1.29 is 19.1 Å². The van der Waals surface area contributed by atoms with Gasteiger partial charge in [0, 0.05) is 18.5 Å². The highest BCUT2D eigenvalue weighted by Crippen LogP contribution is 2.36. The maximum Gasteiger partial charge on any atom is 0.325 e. The van der Waals surface area contributed by atoms with Crippen LogP contribution in [0.15, 0.2) is 24.3 Å². The van der Waals surface area contributed by atoms with Crippen LogP contribution in [0.4, 0.5) is 5.82 Å². The first-order chi connectivity index (χ1) is 11.9. The molecule has 0 spiro atoms. The molecule has 0 fully saturated rings. The molecule has 0 aliphatic rings. The van der Waals surface area contributed by atoms with Gasteiger partial charge in [-0.25, -0.2) is 9.97 Å². The number of nitrogen functional groups attached to an aromatic ring is 1. The zero-order chi connectivity index (χ0) is 18.0. The third-order valence-corrected chi connectivity index (χ3v) is 4.85. The number of para-hydroxylation sites is 1. The number of hydrogen-bond donors (Lipinski definition) is 3. The normalized spacial score (nSPS) is 12.3.